The van der Waals surface area contributed by atoms with E-state index >= 15 is 0 Å². The summed E-state index contributed by atoms with van der Waals surface area (Å²) in [5.74, 6) is -0.957. The Morgan fingerprint density at radius 3 is 2.55 bits per heavy atom. The summed E-state index contributed by atoms with van der Waals surface area (Å²) in [6.45, 7) is 3.20. The van der Waals surface area contributed by atoms with Gasteiger partial charge in [-0.3, -0.25) is 4.79 Å². The zero-order valence-electron chi connectivity index (χ0n) is 17.3. The molecule has 0 spiro atoms. The number of nitrogens with zero attached hydrogens (tertiary/aromatic N) is 1. The van der Waals surface area contributed by atoms with Crippen LogP contribution < -0.4 is 4.74 Å². The van der Waals surface area contributed by atoms with E-state index in [-0.39, 0.29) is 12.8 Å². The molecule has 0 saturated heterocycles. The van der Waals surface area contributed by atoms with Gasteiger partial charge in [0.25, 0.3) is 0 Å². The molecule has 0 saturated carbocycles. The van der Waals surface area contributed by atoms with Gasteiger partial charge >= 0.3 is 5.97 Å². The van der Waals surface area contributed by atoms with Crippen LogP contribution in [0.1, 0.15) is 28.7 Å². The molecule has 31 heavy (non-hydrogen) atoms. The van der Waals surface area contributed by atoms with Crippen LogP contribution in [0.3, 0.4) is 0 Å². The van der Waals surface area contributed by atoms with Crippen LogP contribution in [0.4, 0.5) is 4.39 Å². The maximum absolute atomic E-state index is 14.3. The molecule has 0 aliphatic heterocycles. The van der Waals surface area contributed by atoms with Gasteiger partial charge in [0.15, 0.2) is 0 Å². The third kappa shape index (κ3) is 4.77. The molecule has 1 heterocycles. The summed E-state index contributed by atoms with van der Waals surface area (Å²) >= 11 is 0. The molecule has 4 nitrogen and oxygen atoms in total. The fourth-order valence-electron chi connectivity index (χ4n) is 3.81. The highest BCUT2D eigenvalue weighted by atomic mass is 19.1. The van der Waals surface area contributed by atoms with Gasteiger partial charge in [0, 0.05) is 25.2 Å². The Balaban J connectivity index is 1.51. The molecule has 158 valence electrons. The molecular weight excluding hydrogens is 393 g/mol. The number of hydrogen-bond donors (Lipinski definition) is 1. The van der Waals surface area contributed by atoms with Crippen LogP contribution in [0.5, 0.6) is 5.75 Å². The second-order valence-corrected chi connectivity index (χ2v) is 7.65. The fourth-order valence-corrected chi connectivity index (χ4v) is 3.81. The van der Waals surface area contributed by atoms with E-state index in [1.165, 1.54) is 22.5 Å². The number of carbonyl (C=O) groups is 1. The van der Waals surface area contributed by atoms with Crippen molar-refractivity contribution >= 4 is 16.9 Å². The van der Waals surface area contributed by atoms with Gasteiger partial charge < -0.3 is 14.4 Å². The number of ether oxygens (including phenoxy) is 1. The summed E-state index contributed by atoms with van der Waals surface area (Å²) in [5, 5.41) is 9.94. The second-order valence-electron chi connectivity index (χ2n) is 7.65. The van der Waals surface area contributed by atoms with Gasteiger partial charge in [-0.15, -0.1) is 0 Å². The molecule has 0 aliphatic rings. The third-order valence-electron chi connectivity index (χ3n) is 5.52. The molecule has 1 aromatic heterocycles. The van der Waals surface area contributed by atoms with Crippen molar-refractivity contribution in [3.8, 4) is 5.75 Å². The molecule has 0 atom stereocenters. The number of carboxylic acid groups (broad SMARTS) is 1. The summed E-state index contributed by atoms with van der Waals surface area (Å²) < 4.78 is 22.3. The van der Waals surface area contributed by atoms with Crippen molar-refractivity contribution in [3.63, 3.8) is 0 Å². The Morgan fingerprint density at radius 1 is 1.03 bits per heavy atom. The lowest BCUT2D eigenvalue weighted by atomic mass is 10.1. The zero-order chi connectivity index (χ0) is 21.8. The van der Waals surface area contributed by atoms with E-state index in [4.69, 9.17) is 9.84 Å². The zero-order valence-corrected chi connectivity index (χ0v) is 17.3. The van der Waals surface area contributed by atoms with Crippen LogP contribution in [0.2, 0.25) is 0 Å². The molecule has 3 aromatic carbocycles. The molecule has 0 aliphatic carbocycles. The molecular formula is C26H24FNO3. The maximum atomic E-state index is 14.3. The largest absolute Gasteiger partial charge is 0.489 e. The summed E-state index contributed by atoms with van der Waals surface area (Å²) in [6, 6.07) is 21.2. The molecule has 4 rings (SSSR count). The van der Waals surface area contributed by atoms with Crippen LogP contribution in [0.25, 0.3) is 10.9 Å². The normalized spacial score (nSPS) is 11.0. The van der Waals surface area contributed by atoms with Gasteiger partial charge in [-0.2, -0.15) is 0 Å². The number of hydrogen-bond acceptors (Lipinski definition) is 2. The van der Waals surface area contributed by atoms with E-state index in [0.29, 0.717) is 17.9 Å². The van der Waals surface area contributed by atoms with Crippen LogP contribution in [0.15, 0.2) is 72.9 Å². The number of fused-ring (bicyclic) bond motifs is 1. The highest BCUT2D eigenvalue weighted by molar-refractivity contribution is 5.84. The van der Waals surface area contributed by atoms with E-state index in [0.717, 1.165) is 17.7 Å². The average molecular weight is 417 g/mol. The Morgan fingerprint density at radius 2 is 1.81 bits per heavy atom. The predicted octanol–water partition coefficient (Wildman–Crippen LogP) is 5.73. The van der Waals surface area contributed by atoms with E-state index in [1.807, 2.05) is 24.3 Å². The maximum Gasteiger partial charge on any atom is 0.303 e. The Kier molecular flexibility index (Phi) is 6.03. The van der Waals surface area contributed by atoms with Gasteiger partial charge in [-0.05, 0) is 53.1 Å². The van der Waals surface area contributed by atoms with Crippen molar-refractivity contribution in [2.24, 2.45) is 0 Å². The first-order valence-corrected chi connectivity index (χ1v) is 10.3. The lowest BCUT2D eigenvalue weighted by Gasteiger charge is -2.13. The van der Waals surface area contributed by atoms with Crippen molar-refractivity contribution in [1.29, 1.82) is 0 Å². The topological polar surface area (TPSA) is 51.5 Å². The molecule has 0 radical (unpaired) electrons. The van der Waals surface area contributed by atoms with Gasteiger partial charge in [-0.25, -0.2) is 4.39 Å². The van der Waals surface area contributed by atoms with Crippen molar-refractivity contribution in [2.45, 2.75) is 32.9 Å². The van der Waals surface area contributed by atoms with E-state index in [9.17, 15) is 9.18 Å². The SMILES string of the molecule is Cc1c(COc2ccc(CCC(=O)O)c(F)c2)ccc2ccn(Cc3ccccc3)c12. The summed E-state index contributed by atoms with van der Waals surface area (Å²) in [5.41, 5.74) is 4.96. The van der Waals surface area contributed by atoms with Gasteiger partial charge in [0.1, 0.15) is 18.2 Å². The van der Waals surface area contributed by atoms with Crippen LogP contribution in [-0.2, 0) is 24.4 Å². The number of rotatable bonds is 8. The minimum Gasteiger partial charge on any atom is -0.489 e. The summed E-state index contributed by atoms with van der Waals surface area (Å²) in [7, 11) is 0. The van der Waals surface area contributed by atoms with E-state index in [1.54, 1.807) is 12.1 Å². The molecule has 1 N–H and O–H groups in total. The van der Waals surface area contributed by atoms with Crippen molar-refractivity contribution in [2.75, 3.05) is 0 Å². The van der Waals surface area contributed by atoms with Gasteiger partial charge in [0.2, 0.25) is 0 Å². The monoisotopic (exact) mass is 417 g/mol. The van der Waals surface area contributed by atoms with Crippen LogP contribution >= 0.6 is 0 Å². The van der Waals surface area contributed by atoms with Crippen LogP contribution in [0, 0.1) is 12.7 Å². The average Bonchev–Trinajstić information content (AvgIpc) is 3.16. The molecule has 0 bridgehead atoms. The standard InChI is InChI=1S/C26H24FNO3/c1-18-22(17-31-23-11-9-20(24(27)15-23)10-12-25(29)30)8-7-21-13-14-28(26(18)21)16-19-5-3-2-4-6-19/h2-9,11,13-15H,10,12,16-17H2,1H3,(H,29,30). The third-order valence-corrected chi connectivity index (χ3v) is 5.52. The second kappa shape index (κ2) is 9.04. The Hall–Kier alpha value is -3.60. The quantitative estimate of drug-likeness (QED) is 0.398. The lowest BCUT2D eigenvalue weighted by Crippen LogP contribution is -2.03. The van der Waals surface area contributed by atoms with Crippen molar-refractivity contribution < 1.29 is 19.0 Å². The smallest absolute Gasteiger partial charge is 0.303 e. The number of aryl methyl sites for hydroxylation is 2. The number of halogens is 1. The fraction of sp³-hybridized carbons (Fsp3) is 0.192. The number of aliphatic carboxylic acids is 1. The highest BCUT2D eigenvalue weighted by Gasteiger charge is 2.11. The first-order chi connectivity index (χ1) is 15.0. The van der Waals surface area contributed by atoms with Crippen molar-refractivity contribution in [1.82, 2.24) is 4.57 Å². The highest BCUT2D eigenvalue weighted by Crippen LogP contribution is 2.26. The molecule has 0 fully saturated rings. The summed E-state index contributed by atoms with van der Waals surface area (Å²) in [4.78, 5) is 10.7. The van der Waals surface area contributed by atoms with Gasteiger partial charge in [-0.1, -0.05) is 48.5 Å². The van der Waals surface area contributed by atoms with Crippen LogP contribution in [-0.4, -0.2) is 15.6 Å². The van der Waals surface area contributed by atoms with E-state index in [2.05, 4.69) is 42.0 Å². The molecule has 5 heteroatoms. The number of benzene rings is 3. The lowest BCUT2D eigenvalue weighted by molar-refractivity contribution is -0.136. The summed E-state index contributed by atoms with van der Waals surface area (Å²) in [6.07, 6.45) is 2.16. The Labute approximate surface area is 180 Å². The van der Waals surface area contributed by atoms with Crippen molar-refractivity contribution in [3.05, 3.63) is 101 Å². The van der Waals surface area contributed by atoms with E-state index < -0.39 is 11.8 Å². The minimum atomic E-state index is -0.942. The predicted molar refractivity (Wildman–Crippen MR) is 119 cm³/mol. The van der Waals surface area contributed by atoms with Gasteiger partial charge in [0.05, 0.1) is 5.52 Å². The first kappa shape index (κ1) is 20.7. The molecule has 4 aromatic rings. The Bertz CT molecular complexity index is 1210. The minimum absolute atomic E-state index is 0.0983. The number of aromatic nitrogens is 1. The number of carboxylic acids is 1. The molecule has 0 amide bonds. The first-order valence-electron chi connectivity index (χ1n) is 10.3. The molecule has 0 unspecified atom stereocenters.